The molecule has 0 radical (unpaired) electrons. The molecule has 0 aliphatic rings. The highest BCUT2D eigenvalue weighted by molar-refractivity contribution is 5.15. The van der Waals surface area contributed by atoms with Crippen LogP contribution < -0.4 is 0 Å². The number of hydrogen-bond donors (Lipinski definition) is 1. The van der Waals surface area contributed by atoms with Crippen molar-refractivity contribution in [1.82, 2.24) is 0 Å². The summed E-state index contributed by atoms with van der Waals surface area (Å²) in [6.45, 7) is 3.57. The van der Waals surface area contributed by atoms with Crippen LogP contribution in [0.15, 0.2) is 23.0 Å². The topological polar surface area (TPSA) is 33.4 Å². The molecule has 1 unspecified atom stereocenters. The molecule has 1 aromatic rings. The first-order chi connectivity index (χ1) is 6.17. The van der Waals surface area contributed by atoms with Crippen molar-refractivity contribution in [3.05, 3.63) is 24.2 Å². The molecule has 0 saturated carbocycles. The summed E-state index contributed by atoms with van der Waals surface area (Å²) in [5.74, 6) is 5.73. The molecule has 1 rings (SSSR count). The summed E-state index contributed by atoms with van der Waals surface area (Å²) < 4.78 is 4.91. The van der Waals surface area contributed by atoms with Crippen molar-refractivity contribution in [2.24, 2.45) is 0 Å². The standard InChI is InChI=1S/C11H14O2/c1-3-4-5-7-11(2,12)10-6-8-13-9-10/h6,8-9,12H,5,7H2,1-2H3. The fraction of sp³-hybridized carbons (Fsp3) is 0.455. The van der Waals surface area contributed by atoms with E-state index in [4.69, 9.17) is 4.42 Å². The lowest BCUT2D eigenvalue weighted by Crippen LogP contribution is -2.19. The van der Waals surface area contributed by atoms with Gasteiger partial charge in [0, 0.05) is 12.0 Å². The molecule has 70 valence electrons. The van der Waals surface area contributed by atoms with E-state index in [1.807, 2.05) is 0 Å². The van der Waals surface area contributed by atoms with Crippen LogP contribution in [0.4, 0.5) is 0 Å². The van der Waals surface area contributed by atoms with E-state index in [1.54, 1.807) is 32.4 Å². The number of aliphatic hydroxyl groups is 1. The van der Waals surface area contributed by atoms with Gasteiger partial charge in [0.1, 0.15) is 0 Å². The van der Waals surface area contributed by atoms with Gasteiger partial charge >= 0.3 is 0 Å². The SMILES string of the molecule is CC#CCCC(C)(O)c1ccoc1. The van der Waals surface area contributed by atoms with Crippen molar-refractivity contribution in [2.75, 3.05) is 0 Å². The quantitative estimate of drug-likeness (QED) is 0.720. The van der Waals surface area contributed by atoms with Crippen LogP contribution in [-0.4, -0.2) is 5.11 Å². The molecule has 1 aromatic heterocycles. The fourth-order valence-corrected chi connectivity index (χ4v) is 1.15. The molecule has 2 nitrogen and oxygen atoms in total. The maximum atomic E-state index is 9.97. The largest absolute Gasteiger partial charge is 0.472 e. The monoisotopic (exact) mass is 178 g/mol. The first-order valence-corrected chi connectivity index (χ1v) is 4.31. The Balaban J connectivity index is 2.59. The predicted octanol–water partition coefficient (Wildman–Crippen LogP) is 2.29. The highest BCUT2D eigenvalue weighted by atomic mass is 16.3. The summed E-state index contributed by atoms with van der Waals surface area (Å²) in [5.41, 5.74) is -0.0120. The summed E-state index contributed by atoms with van der Waals surface area (Å²) in [6.07, 6.45) is 4.47. The van der Waals surface area contributed by atoms with E-state index in [0.29, 0.717) is 12.8 Å². The van der Waals surface area contributed by atoms with Gasteiger partial charge in [-0.05, 0) is 26.3 Å². The van der Waals surface area contributed by atoms with Gasteiger partial charge in [-0.3, -0.25) is 0 Å². The zero-order chi connectivity index (χ0) is 9.73. The summed E-state index contributed by atoms with van der Waals surface area (Å²) >= 11 is 0. The highest BCUT2D eigenvalue weighted by Crippen LogP contribution is 2.25. The molecular formula is C11H14O2. The molecule has 0 saturated heterocycles. The third-order valence-electron chi connectivity index (χ3n) is 2.06. The van der Waals surface area contributed by atoms with Crippen molar-refractivity contribution < 1.29 is 9.52 Å². The fourth-order valence-electron chi connectivity index (χ4n) is 1.15. The smallest absolute Gasteiger partial charge is 0.0963 e. The second kappa shape index (κ2) is 4.15. The average molecular weight is 178 g/mol. The van der Waals surface area contributed by atoms with Crippen LogP contribution >= 0.6 is 0 Å². The zero-order valence-electron chi connectivity index (χ0n) is 8.00. The summed E-state index contributed by atoms with van der Waals surface area (Å²) in [7, 11) is 0. The van der Waals surface area contributed by atoms with Crippen molar-refractivity contribution in [3.63, 3.8) is 0 Å². The Bertz CT molecular complexity index is 299. The van der Waals surface area contributed by atoms with E-state index in [2.05, 4.69) is 11.8 Å². The minimum atomic E-state index is -0.823. The van der Waals surface area contributed by atoms with Gasteiger partial charge in [0.25, 0.3) is 0 Å². The molecule has 1 N–H and O–H groups in total. The number of hydrogen-bond acceptors (Lipinski definition) is 2. The zero-order valence-corrected chi connectivity index (χ0v) is 8.00. The van der Waals surface area contributed by atoms with Gasteiger partial charge in [-0.2, -0.15) is 0 Å². The van der Waals surface area contributed by atoms with Gasteiger partial charge in [0.15, 0.2) is 0 Å². The molecule has 0 aromatic carbocycles. The van der Waals surface area contributed by atoms with E-state index in [0.717, 1.165) is 5.56 Å². The van der Waals surface area contributed by atoms with Gasteiger partial charge in [-0.15, -0.1) is 11.8 Å². The van der Waals surface area contributed by atoms with Gasteiger partial charge in [-0.25, -0.2) is 0 Å². The molecule has 1 heterocycles. The van der Waals surface area contributed by atoms with Crippen LogP contribution in [0.2, 0.25) is 0 Å². The molecule has 1 atom stereocenters. The Kier molecular flexibility index (Phi) is 3.16. The summed E-state index contributed by atoms with van der Waals surface area (Å²) in [5, 5.41) is 9.97. The Labute approximate surface area is 78.6 Å². The molecule has 13 heavy (non-hydrogen) atoms. The first kappa shape index (κ1) is 9.88. The lowest BCUT2D eigenvalue weighted by molar-refractivity contribution is 0.0488. The second-order valence-electron chi connectivity index (χ2n) is 3.21. The van der Waals surface area contributed by atoms with E-state index in [9.17, 15) is 5.11 Å². The third-order valence-corrected chi connectivity index (χ3v) is 2.06. The molecule has 0 amide bonds. The minimum absolute atomic E-state index is 0.632. The van der Waals surface area contributed by atoms with Gasteiger partial charge < -0.3 is 9.52 Å². The Morgan fingerprint density at radius 1 is 1.62 bits per heavy atom. The van der Waals surface area contributed by atoms with Crippen molar-refractivity contribution >= 4 is 0 Å². The lowest BCUT2D eigenvalue weighted by atomic mass is 9.94. The molecule has 0 aliphatic carbocycles. The molecule has 0 aliphatic heterocycles. The predicted molar refractivity (Wildman–Crippen MR) is 51.0 cm³/mol. The maximum Gasteiger partial charge on any atom is 0.0963 e. The maximum absolute atomic E-state index is 9.97. The van der Waals surface area contributed by atoms with Crippen molar-refractivity contribution in [1.29, 1.82) is 0 Å². The molecule has 2 heteroatoms. The van der Waals surface area contributed by atoms with Crippen LogP contribution in [0.1, 0.15) is 32.3 Å². The number of furan rings is 1. The van der Waals surface area contributed by atoms with E-state index in [-0.39, 0.29) is 0 Å². The molecule has 0 fully saturated rings. The lowest BCUT2D eigenvalue weighted by Gasteiger charge is -2.20. The minimum Gasteiger partial charge on any atom is -0.472 e. The summed E-state index contributed by atoms with van der Waals surface area (Å²) in [6, 6.07) is 1.78. The molecular weight excluding hydrogens is 164 g/mol. The van der Waals surface area contributed by atoms with Gasteiger partial charge in [0.2, 0.25) is 0 Å². The van der Waals surface area contributed by atoms with Crippen molar-refractivity contribution in [2.45, 2.75) is 32.3 Å². The third kappa shape index (κ3) is 2.64. The van der Waals surface area contributed by atoms with Crippen LogP contribution in [0, 0.1) is 11.8 Å². The molecule has 0 bridgehead atoms. The normalized spacial score (nSPS) is 14.4. The van der Waals surface area contributed by atoms with Crippen LogP contribution in [0.25, 0.3) is 0 Å². The Hall–Kier alpha value is -1.20. The Morgan fingerprint density at radius 3 is 2.92 bits per heavy atom. The van der Waals surface area contributed by atoms with Crippen molar-refractivity contribution in [3.8, 4) is 11.8 Å². The number of rotatable bonds is 3. The van der Waals surface area contributed by atoms with Gasteiger partial charge in [-0.1, -0.05) is 0 Å². The van der Waals surface area contributed by atoms with Crippen LogP contribution in [-0.2, 0) is 5.60 Å². The van der Waals surface area contributed by atoms with Crippen LogP contribution in [0.3, 0.4) is 0 Å². The summed E-state index contributed by atoms with van der Waals surface area (Å²) in [4.78, 5) is 0. The van der Waals surface area contributed by atoms with Gasteiger partial charge in [0.05, 0.1) is 18.1 Å². The highest BCUT2D eigenvalue weighted by Gasteiger charge is 2.22. The van der Waals surface area contributed by atoms with E-state index in [1.165, 1.54) is 0 Å². The molecule has 0 spiro atoms. The Morgan fingerprint density at radius 2 is 2.38 bits per heavy atom. The van der Waals surface area contributed by atoms with Crippen LogP contribution in [0.5, 0.6) is 0 Å². The average Bonchev–Trinajstić information content (AvgIpc) is 2.56. The van der Waals surface area contributed by atoms with E-state index < -0.39 is 5.60 Å². The second-order valence-corrected chi connectivity index (χ2v) is 3.21. The van der Waals surface area contributed by atoms with E-state index >= 15 is 0 Å². The first-order valence-electron chi connectivity index (χ1n) is 4.31.